The molecule has 0 fully saturated rings. The van der Waals surface area contributed by atoms with E-state index in [9.17, 15) is 19.2 Å². The van der Waals surface area contributed by atoms with Gasteiger partial charge in [0.25, 0.3) is 0 Å². The molecule has 33 heavy (non-hydrogen) atoms. The Morgan fingerprint density at radius 2 is 1.42 bits per heavy atom. The van der Waals surface area contributed by atoms with Crippen LogP contribution in [-0.2, 0) is 28.7 Å². The minimum Gasteiger partial charge on any atom is -0.378 e. The fourth-order valence-electron chi connectivity index (χ4n) is 3.36. The van der Waals surface area contributed by atoms with Gasteiger partial charge >= 0.3 is 0 Å². The molecule has 0 saturated heterocycles. The molecule has 0 spiro atoms. The zero-order valence-corrected chi connectivity index (χ0v) is 21.4. The second kappa shape index (κ2) is 17.4. The van der Waals surface area contributed by atoms with Crippen LogP contribution < -0.4 is 16.0 Å². The van der Waals surface area contributed by atoms with Gasteiger partial charge in [-0.05, 0) is 25.8 Å². The van der Waals surface area contributed by atoms with E-state index in [1.807, 2.05) is 39.6 Å². The SMILES string of the molecule is CNC(=O)CCC(=O)NCCOCCOCCN(C)[C@H](C(=O)NC(C(C)=O)C(C)C)C(C)C. The van der Waals surface area contributed by atoms with Crippen LogP contribution in [0.3, 0.4) is 0 Å². The van der Waals surface area contributed by atoms with Crippen molar-refractivity contribution in [2.45, 2.75) is 59.5 Å². The summed E-state index contributed by atoms with van der Waals surface area (Å²) in [7, 11) is 3.40. The Morgan fingerprint density at radius 3 is 1.94 bits per heavy atom. The van der Waals surface area contributed by atoms with Crippen molar-refractivity contribution in [1.82, 2.24) is 20.9 Å². The van der Waals surface area contributed by atoms with Crippen LogP contribution in [0.25, 0.3) is 0 Å². The number of nitrogens with zero attached hydrogens (tertiary/aromatic N) is 1. The van der Waals surface area contributed by atoms with Gasteiger partial charge in [0.15, 0.2) is 5.78 Å². The first-order valence-electron chi connectivity index (χ1n) is 11.6. The second-order valence-corrected chi connectivity index (χ2v) is 8.76. The normalized spacial score (nSPS) is 13.2. The lowest BCUT2D eigenvalue weighted by molar-refractivity contribution is -0.132. The molecule has 2 atom stereocenters. The number of likely N-dealkylation sites (N-methyl/N-ethyl adjacent to an activating group) is 1. The van der Waals surface area contributed by atoms with Gasteiger partial charge in [-0.25, -0.2) is 0 Å². The first kappa shape index (κ1) is 31.0. The molecule has 0 aromatic carbocycles. The molecule has 0 aliphatic carbocycles. The van der Waals surface area contributed by atoms with Crippen LogP contribution >= 0.6 is 0 Å². The highest BCUT2D eigenvalue weighted by Crippen LogP contribution is 2.11. The maximum Gasteiger partial charge on any atom is 0.238 e. The third-order valence-electron chi connectivity index (χ3n) is 5.16. The molecule has 0 bridgehead atoms. The average Bonchev–Trinajstić information content (AvgIpc) is 2.73. The molecule has 0 aromatic rings. The van der Waals surface area contributed by atoms with Crippen molar-refractivity contribution < 1.29 is 28.7 Å². The molecule has 0 aliphatic rings. The Hall–Kier alpha value is -2.04. The van der Waals surface area contributed by atoms with E-state index in [0.717, 1.165) is 0 Å². The number of hydrogen-bond acceptors (Lipinski definition) is 7. The molecular weight excluding hydrogens is 428 g/mol. The second-order valence-electron chi connectivity index (χ2n) is 8.76. The van der Waals surface area contributed by atoms with Crippen LogP contribution in [0.15, 0.2) is 0 Å². The minimum atomic E-state index is -0.485. The summed E-state index contributed by atoms with van der Waals surface area (Å²) in [5.41, 5.74) is 0. The standard InChI is InChI=1S/C23H44N4O6/c1-16(2)21(18(5)28)26-23(31)22(17(3)4)27(7)11-13-33-15-14-32-12-10-25-20(30)9-8-19(29)24-6/h16-17,21-22H,8-15H2,1-7H3,(H,24,29)(H,25,30)(H,26,31)/t21?,22-/m0/s1. The molecule has 3 N–H and O–H groups in total. The van der Waals surface area contributed by atoms with E-state index in [1.165, 1.54) is 14.0 Å². The summed E-state index contributed by atoms with van der Waals surface area (Å²) in [6, 6.07) is -0.848. The van der Waals surface area contributed by atoms with E-state index >= 15 is 0 Å². The van der Waals surface area contributed by atoms with Crippen LogP contribution in [0.4, 0.5) is 0 Å². The Morgan fingerprint density at radius 1 is 0.848 bits per heavy atom. The Balaban J connectivity index is 4.10. The largest absolute Gasteiger partial charge is 0.378 e. The number of ketones is 1. The number of carbonyl (C=O) groups excluding carboxylic acids is 4. The van der Waals surface area contributed by atoms with E-state index in [1.54, 1.807) is 0 Å². The molecule has 10 heteroatoms. The van der Waals surface area contributed by atoms with Crippen LogP contribution in [0.1, 0.15) is 47.5 Å². The smallest absolute Gasteiger partial charge is 0.238 e. The van der Waals surface area contributed by atoms with Crippen molar-refractivity contribution in [2.24, 2.45) is 11.8 Å². The van der Waals surface area contributed by atoms with Gasteiger partial charge in [0.2, 0.25) is 17.7 Å². The van der Waals surface area contributed by atoms with Crippen molar-refractivity contribution in [1.29, 1.82) is 0 Å². The van der Waals surface area contributed by atoms with Gasteiger partial charge in [0.05, 0.1) is 38.5 Å². The summed E-state index contributed by atoms with van der Waals surface area (Å²) in [4.78, 5) is 49.2. The summed E-state index contributed by atoms with van der Waals surface area (Å²) in [6.45, 7) is 11.8. The fourth-order valence-corrected chi connectivity index (χ4v) is 3.36. The van der Waals surface area contributed by atoms with E-state index < -0.39 is 6.04 Å². The van der Waals surface area contributed by atoms with Gasteiger partial charge in [0.1, 0.15) is 0 Å². The molecule has 1 unspecified atom stereocenters. The van der Waals surface area contributed by atoms with Gasteiger partial charge in [-0.2, -0.15) is 0 Å². The highest BCUT2D eigenvalue weighted by Gasteiger charge is 2.30. The first-order chi connectivity index (χ1) is 15.5. The number of Topliss-reactive ketones (excluding diaryl/α,β-unsaturated/α-hetero) is 1. The summed E-state index contributed by atoms with van der Waals surface area (Å²) in [5, 5.41) is 8.05. The van der Waals surface area contributed by atoms with Crippen LogP contribution in [0.5, 0.6) is 0 Å². The number of hydrogen-bond donors (Lipinski definition) is 3. The fraction of sp³-hybridized carbons (Fsp3) is 0.826. The molecule has 0 radical (unpaired) electrons. The molecule has 10 nitrogen and oxygen atoms in total. The zero-order chi connectivity index (χ0) is 25.4. The number of ether oxygens (including phenoxy) is 2. The molecule has 0 aromatic heterocycles. The number of nitrogens with one attached hydrogen (secondary N) is 3. The molecule has 0 saturated carbocycles. The van der Waals surface area contributed by atoms with Crippen molar-refractivity contribution >= 4 is 23.5 Å². The summed E-state index contributed by atoms with van der Waals surface area (Å²) in [5.74, 6) is -0.445. The summed E-state index contributed by atoms with van der Waals surface area (Å²) >= 11 is 0. The summed E-state index contributed by atoms with van der Waals surface area (Å²) in [6.07, 6.45) is 0.318. The highest BCUT2D eigenvalue weighted by atomic mass is 16.5. The maximum absolute atomic E-state index is 12.8. The topological polar surface area (TPSA) is 126 Å². The third-order valence-corrected chi connectivity index (χ3v) is 5.16. The van der Waals surface area contributed by atoms with Gasteiger partial charge in [0, 0.05) is 33.0 Å². The third kappa shape index (κ3) is 14.0. The average molecular weight is 473 g/mol. The van der Waals surface area contributed by atoms with Gasteiger partial charge in [-0.1, -0.05) is 27.7 Å². The van der Waals surface area contributed by atoms with E-state index in [2.05, 4.69) is 16.0 Å². The molecular formula is C23H44N4O6. The minimum absolute atomic E-state index is 0.0313. The monoisotopic (exact) mass is 472 g/mol. The van der Waals surface area contributed by atoms with Gasteiger partial charge < -0.3 is 25.4 Å². The molecule has 0 aliphatic heterocycles. The Bertz CT molecular complexity index is 612. The first-order valence-corrected chi connectivity index (χ1v) is 11.6. The molecule has 3 amide bonds. The van der Waals surface area contributed by atoms with Crippen LogP contribution in [0, 0.1) is 11.8 Å². The van der Waals surface area contributed by atoms with Gasteiger partial charge in [-0.3, -0.25) is 24.1 Å². The van der Waals surface area contributed by atoms with E-state index in [0.29, 0.717) is 39.5 Å². The Kier molecular flexibility index (Phi) is 16.4. The van der Waals surface area contributed by atoms with Crippen LogP contribution in [-0.4, -0.2) is 94.1 Å². The molecule has 0 rings (SSSR count). The van der Waals surface area contributed by atoms with Crippen molar-refractivity contribution in [3.63, 3.8) is 0 Å². The number of rotatable bonds is 18. The quantitative estimate of drug-likeness (QED) is 0.246. The molecule has 0 heterocycles. The predicted octanol–water partition coefficient (Wildman–Crippen LogP) is 0.348. The van der Waals surface area contributed by atoms with E-state index in [4.69, 9.17) is 9.47 Å². The van der Waals surface area contributed by atoms with Gasteiger partial charge in [-0.15, -0.1) is 0 Å². The van der Waals surface area contributed by atoms with Crippen LogP contribution in [0.2, 0.25) is 0 Å². The lowest BCUT2D eigenvalue weighted by Crippen LogP contribution is -2.54. The maximum atomic E-state index is 12.8. The zero-order valence-electron chi connectivity index (χ0n) is 21.4. The van der Waals surface area contributed by atoms with Crippen molar-refractivity contribution in [2.75, 3.05) is 53.6 Å². The highest BCUT2D eigenvalue weighted by molar-refractivity contribution is 5.90. The predicted molar refractivity (Wildman–Crippen MR) is 127 cm³/mol. The molecule has 192 valence electrons. The number of amides is 3. The van der Waals surface area contributed by atoms with Crippen molar-refractivity contribution in [3.8, 4) is 0 Å². The lowest BCUT2D eigenvalue weighted by atomic mass is 9.97. The number of carbonyl (C=O) groups is 4. The lowest BCUT2D eigenvalue weighted by Gasteiger charge is -2.32. The van der Waals surface area contributed by atoms with E-state index in [-0.39, 0.29) is 54.2 Å². The Labute approximate surface area is 198 Å². The summed E-state index contributed by atoms with van der Waals surface area (Å²) < 4.78 is 11.0. The van der Waals surface area contributed by atoms with Crippen molar-refractivity contribution in [3.05, 3.63) is 0 Å².